The molecule has 1 aromatic heterocycles. The molecule has 0 aliphatic heterocycles. The molecule has 1 N–H and O–H groups in total. The minimum Gasteiger partial charge on any atom is -0.457 e. The van der Waals surface area contributed by atoms with Gasteiger partial charge in [-0.15, -0.1) is 0 Å². The van der Waals surface area contributed by atoms with Crippen molar-refractivity contribution in [3.8, 4) is 11.5 Å². The van der Waals surface area contributed by atoms with Gasteiger partial charge in [0.25, 0.3) is 0 Å². The number of nitrogens with zero attached hydrogens (tertiary/aromatic N) is 1. The first-order valence-electron chi connectivity index (χ1n) is 6.78. The summed E-state index contributed by atoms with van der Waals surface area (Å²) in [4.78, 5) is 4.34. The van der Waals surface area contributed by atoms with Gasteiger partial charge < -0.3 is 10.1 Å². The van der Waals surface area contributed by atoms with E-state index in [1.165, 1.54) is 0 Å². The summed E-state index contributed by atoms with van der Waals surface area (Å²) in [5.74, 6) is 1.67. The van der Waals surface area contributed by atoms with Crippen molar-refractivity contribution in [1.82, 2.24) is 10.3 Å². The first-order valence-corrected chi connectivity index (χ1v) is 7.58. The molecule has 3 nitrogen and oxygen atoms in total. The molecule has 0 aliphatic carbocycles. The van der Waals surface area contributed by atoms with E-state index in [0.717, 1.165) is 46.7 Å². The fourth-order valence-corrected chi connectivity index (χ4v) is 2.16. The molecule has 4 heteroatoms. The molecule has 1 aromatic carbocycles. The van der Waals surface area contributed by atoms with E-state index in [9.17, 15) is 0 Å². The smallest absolute Gasteiger partial charge is 0.131 e. The first-order chi connectivity index (χ1) is 9.69. The Kier molecular flexibility index (Phi) is 5.56. The van der Waals surface area contributed by atoms with Gasteiger partial charge >= 0.3 is 0 Å². The van der Waals surface area contributed by atoms with Crippen molar-refractivity contribution in [3.63, 3.8) is 0 Å². The molecule has 2 aromatic rings. The fourth-order valence-electron chi connectivity index (χ4n) is 1.82. The Labute approximate surface area is 128 Å². The van der Waals surface area contributed by atoms with E-state index in [2.05, 4.69) is 33.2 Å². The number of pyridine rings is 1. The van der Waals surface area contributed by atoms with Crippen LogP contribution in [0.2, 0.25) is 0 Å². The second-order valence-corrected chi connectivity index (χ2v) is 5.59. The van der Waals surface area contributed by atoms with Crippen LogP contribution in [0.15, 0.2) is 41.0 Å². The minimum absolute atomic E-state index is 0.766. The van der Waals surface area contributed by atoms with Crippen molar-refractivity contribution >= 4 is 15.9 Å². The van der Waals surface area contributed by atoms with E-state index in [4.69, 9.17) is 4.74 Å². The van der Waals surface area contributed by atoms with E-state index in [-0.39, 0.29) is 0 Å². The Morgan fingerprint density at radius 2 is 2.10 bits per heavy atom. The molecule has 0 fully saturated rings. The van der Waals surface area contributed by atoms with Gasteiger partial charge in [-0.1, -0.05) is 28.9 Å². The number of benzene rings is 1. The number of ether oxygens (including phenoxy) is 1. The highest BCUT2D eigenvalue weighted by atomic mass is 79.9. The zero-order chi connectivity index (χ0) is 14.4. The van der Waals surface area contributed by atoms with Crippen LogP contribution >= 0.6 is 15.9 Å². The number of rotatable bonds is 6. The number of aromatic nitrogens is 1. The third-order valence-electron chi connectivity index (χ3n) is 2.90. The van der Waals surface area contributed by atoms with Crippen LogP contribution in [0.5, 0.6) is 11.5 Å². The van der Waals surface area contributed by atoms with Crippen molar-refractivity contribution in [1.29, 1.82) is 0 Å². The Hall–Kier alpha value is -1.39. The van der Waals surface area contributed by atoms with Crippen LogP contribution in [0.3, 0.4) is 0 Å². The van der Waals surface area contributed by atoms with E-state index in [1.54, 1.807) is 6.20 Å². The molecule has 0 radical (unpaired) electrons. The molecule has 0 unspecified atom stereocenters. The molecular weight excluding hydrogens is 316 g/mol. The monoisotopic (exact) mass is 334 g/mol. The highest BCUT2D eigenvalue weighted by molar-refractivity contribution is 9.10. The molecule has 0 aliphatic rings. The molecule has 1 heterocycles. The highest BCUT2D eigenvalue weighted by Gasteiger charge is 2.04. The summed E-state index contributed by atoms with van der Waals surface area (Å²) in [5, 5.41) is 3.34. The lowest BCUT2D eigenvalue weighted by Crippen LogP contribution is -2.14. The molecule has 0 amide bonds. The molecule has 106 valence electrons. The van der Waals surface area contributed by atoms with Crippen LogP contribution in [0.4, 0.5) is 0 Å². The van der Waals surface area contributed by atoms with Gasteiger partial charge in [0, 0.05) is 23.3 Å². The Morgan fingerprint density at radius 3 is 2.90 bits per heavy atom. The lowest BCUT2D eigenvalue weighted by Gasteiger charge is -2.10. The zero-order valence-electron chi connectivity index (χ0n) is 11.8. The highest BCUT2D eigenvalue weighted by Crippen LogP contribution is 2.28. The lowest BCUT2D eigenvalue weighted by atomic mass is 10.2. The van der Waals surface area contributed by atoms with Crippen LogP contribution in [0, 0.1) is 6.92 Å². The summed E-state index contributed by atoms with van der Waals surface area (Å²) in [6.07, 6.45) is 2.90. The van der Waals surface area contributed by atoms with Gasteiger partial charge in [-0.2, -0.15) is 0 Å². The summed E-state index contributed by atoms with van der Waals surface area (Å²) < 4.78 is 6.95. The molecular formula is C16H19BrN2O. The first kappa shape index (κ1) is 15.0. The molecule has 20 heavy (non-hydrogen) atoms. The van der Waals surface area contributed by atoms with Crippen molar-refractivity contribution in [3.05, 3.63) is 52.3 Å². The number of aryl methyl sites for hydroxylation is 1. The standard InChI is InChI=1S/C16H19BrN2O/c1-3-7-18-11-14-10-15(6-8-19-14)20-16-9-13(17)5-4-12(16)2/h4-6,8-10,18H,3,7,11H2,1-2H3. The normalized spacial score (nSPS) is 10.6. The van der Waals surface area contributed by atoms with Gasteiger partial charge in [-0.05, 0) is 43.7 Å². The molecule has 0 atom stereocenters. The zero-order valence-corrected chi connectivity index (χ0v) is 13.4. The van der Waals surface area contributed by atoms with Crippen LogP contribution < -0.4 is 10.1 Å². The number of hydrogen-bond donors (Lipinski definition) is 1. The Morgan fingerprint density at radius 1 is 1.25 bits per heavy atom. The number of hydrogen-bond acceptors (Lipinski definition) is 3. The quantitative estimate of drug-likeness (QED) is 0.792. The average molecular weight is 335 g/mol. The summed E-state index contributed by atoms with van der Waals surface area (Å²) in [5.41, 5.74) is 2.10. The van der Waals surface area contributed by atoms with E-state index in [0.29, 0.717) is 0 Å². The van der Waals surface area contributed by atoms with Gasteiger partial charge in [-0.25, -0.2) is 0 Å². The summed E-state index contributed by atoms with van der Waals surface area (Å²) in [6, 6.07) is 9.87. The van der Waals surface area contributed by atoms with Crippen molar-refractivity contribution < 1.29 is 4.74 Å². The number of nitrogens with one attached hydrogen (secondary N) is 1. The largest absolute Gasteiger partial charge is 0.457 e. The molecule has 0 spiro atoms. The second kappa shape index (κ2) is 7.41. The third-order valence-corrected chi connectivity index (χ3v) is 3.39. The van der Waals surface area contributed by atoms with Gasteiger partial charge in [-0.3, -0.25) is 4.98 Å². The maximum atomic E-state index is 5.94. The molecule has 0 saturated heterocycles. The average Bonchev–Trinajstić information content (AvgIpc) is 2.44. The fraction of sp³-hybridized carbons (Fsp3) is 0.312. The Balaban J connectivity index is 2.09. The molecule has 0 bridgehead atoms. The van der Waals surface area contributed by atoms with E-state index < -0.39 is 0 Å². The van der Waals surface area contributed by atoms with Crippen LogP contribution in [0.25, 0.3) is 0 Å². The van der Waals surface area contributed by atoms with E-state index >= 15 is 0 Å². The number of halogens is 1. The minimum atomic E-state index is 0.766. The maximum Gasteiger partial charge on any atom is 0.131 e. The van der Waals surface area contributed by atoms with Crippen LogP contribution in [0.1, 0.15) is 24.6 Å². The van der Waals surface area contributed by atoms with Gasteiger partial charge in [0.2, 0.25) is 0 Å². The molecule has 2 rings (SSSR count). The SMILES string of the molecule is CCCNCc1cc(Oc2cc(Br)ccc2C)ccn1. The van der Waals surface area contributed by atoms with Crippen molar-refractivity contribution in [2.75, 3.05) is 6.54 Å². The van der Waals surface area contributed by atoms with Crippen LogP contribution in [-0.2, 0) is 6.54 Å². The summed E-state index contributed by atoms with van der Waals surface area (Å²) >= 11 is 3.46. The second-order valence-electron chi connectivity index (χ2n) is 4.67. The lowest BCUT2D eigenvalue weighted by molar-refractivity contribution is 0.476. The van der Waals surface area contributed by atoms with Crippen molar-refractivity contribution in [2.24, 2.45) is 0 Å². The summed E-state index contributed by atoms with van der Waals surface area (Å²) in [7, 11) is 0. The maximum absolute atomic E-state index is 5.94. The van der Waals surface area contributed by atoms with Gasteiger partial charge in [0.05, 0.1) is 5.69 Å². The summed E-state index contributed by atoms with van der Waals surface area (Å²) in [6.45, 7) is 5.95. The van der Waals surface area contributed by atoms with Crippen molar-refractivity contribution in [2.45, 2.75) is 26.8 Å². The van der Waals surface area contributed by atoms with Crippen LogP contribution in [-0.4, -0.2) is 11.5 Å². The van der Waals surface area contributed by atoms with Gasteiger partial charge in [0.1, 0.15) is 11.5 Å². The van der Waals surface area contributed by atoms with Gasteiger partial charge in [0.15, 0.2) is 0 Å². The Bertz CT molecular complexity index is 572. The third kappa shape index (κ3) is 4.32. The predicted octanol–water partition coefficient (Wildman–Crippen LogP) is 4.44. The molecule has 0 saturated carbocycles. The predicted molar refractivity (Wildman–Crippen MR) is 85.2 cm³/mol. The topological polar surface area (TPSA) is 34.1 Å². The van der Waals surface area contributed by atoms with E-state index in [1.807, 2.05) is 37.3 Å².